The van der Waals surface area contributed by atoms with E-state index in [1.807, 2.05) is 26.8 Å². The maximum Gasteiger partial charge on any atom is 0.318 e. The highest BCUT2D eigenvalue weighted by atomic mass is 35.5. The molecule has 8 heteroatoms. The summed E-state index contributed by atoms with van der Waals surface area (Å²) in [5.41, 5.74) is 0.319. The van der Waals surface area contributed by atoms with E-state index in [0.29, 0.717) is 12.1 Å². The Morgan fingerprint density at radius 2 is 1.58 bits per heavy atom. The fraction of sp³-hybridized carbons (Fsp3) is 0.435. The number of hydrogen-bond donors (Lipinski definition) is 0. The summed E-state index contributed by atoms with van der Waals surface area (Å²) in [6.07, 6.45) is 0. The molecule has 31 heavy (non-hydrogen) atoms. The fourth-order valence-electron chi connectivity index (χ4n) is 3.00. The van der Waals surface area contributed by atoms with E-state index < -0.39 is 21.5 Å². The number of carbonyl (C=O) groups excluding carboxylic acids is 1. The predicted octanol–water partition coefficient (Wildman–Crippen LogP) is 3.97. The van der Waals surface area contributed by atoms with Gasteiger partial charge in [0.1, 0.15) is 12.0 Å². The topological polar surface area (TPSA) is 72.9 Å². The number of halogens is 1. The summed E-state index contributed by atoms with van der Waals surface area (Å²) in [5, 5.41) is 0. The largest absolute Gasteiger partial charge is 0.464 e. The maximum absolute atomic E-state index is 13.0. The van der Waals surface area contributed by atoms with Crippen molar-refractivity contribution in [3.8, 4) is 0 Å². The minimum atomic E-state index is -4.01. The molecule has 2 rings (SSSR count). The number of ether oxygens (including phenoxy) is 1. The second-order valence-corrected chi connectivity index (χ2v) is 9.01. The van der Waals surface area contributed by atoms with Crippen LogP contribution in [0.4, 0.5) is 0 Å². The Morgan fingerprint density at radius 1 is 1.00 bits per heavy atom. The van der Waals surface area contributed by atoms with E-state index >= 15 is 0 Å². The first-order valence-electron chi connectivity index (χ1n) is 10.1. The fourth-order valence-corrected chi connectivity index (χ4v) is 4.00. The molecule has 1 unspecified atom stereocenters. The highest BCUT2D eigenvalue weighted by molar-refractivity contribution is 7.86. The van der Waals surface area contributed by atoms with Crippen molar-refractivity contribution in [1.29, 1.82) is 0 Å². The van der Waals surface area contributed by atoms with Crippen molar-refractivity contribution in [3.05, 3.63) is 65.7 Å². The van der Waals surface area contributed by atoms with Gasteiger partial charge in [-0.2, -0.15) is 8.42 Å². The van der Waals surface area contributed by atoms with Crippen LogP contribution in [-0.2, 0) is 29.2 Å². The smallest absolute Gasteiger partial charge is 0.318 e. The van der Waals surface area contributed by atoms with Gasteiger partial charge < -0.3 is 9.64 Å². The number of aryl methyl sites for hydroxylation is 1. The summed E-state index contributed by atoms with van der Waals surface area (Å²) in [7, 11) is -4.01. The molecule has 0 fully saturated rings. The Hall–Kier alpha value is -1.93. The van der Waals surface area contributed by atoms with Gasteiger partial charge in [-0.05, 0) is 44.6 Å². The molecule has 0 radical (unpaired) electrons. The first-order valence-corrected chi connectivity index (χ1v) is 11.5. The minimum absolute atomic E-state index is 0. The third kappa shape index (κ3) is 7.31. The van der Waals surface area contributed by atoms with Crippen molar-refractivity contribution in [2.45, 2.75) is 38.0 Å². The van der Waals surface area contributed by atoms with Gasteiger partial charge in [-0.1, -0.05) is 61.9 Å². The monoisotopic (exact) mass is 469 g/mol. The van der Waals surface area contributed by atoms with E-state index in [1.165, 1.54) is 12.1 Å². The zero-order valence-corrected chi connectivity index (χ0v) is 20.2. The van der Waals surface area contributed by atoms with Crippen LogP contribution in [0.3, 0.4) is 0 Å². The van der Waals surface area contributed by atoms with E-state index in [1.54, 1.807) is 43.3 Å². The molecule has 2 aromatic carbocycles. The van der Waals surface area contributed by atoms with Gasteiger partial charge in [0.2, 0.25) is 0 Å². The van der Waals surface area contributed by atoms with E-state index in [-0.39, 0.29) is 30.5 Å². The number of benzene rings is 2. The molecule has 1 atom stereocenters. The van der Waals surface area contributed by atoms with E-state index in [2.05, 4.69) is 4.90 Å². The number of nitrogens with zero attached hydrogens (tertiary/aromatic N) is 1. The van der Waals surface area contributed by atoms with Gasteiger partial charge in [0.15, 0.2) is 0 Å². The molecule has 0 aliphatic heterocycles. The Labute approximate surface area is 192 Å². The molecule has 0 aliphatic carbocycles. The number of hydrogen-bond acceptors (Lipinski definition) is 6. The first kappa shape index (κ1) is 27.1. The molecule has 0 N–H and O–H groups in total. The van der Waals surface area contributed by atoms with Gasteiger partial charge in [-0.3, -0.25) is 8.98 Å². The molecule has 2 aromatic rings. The third-order valence-electron chi connectivity index (χ3n) is 5.21. The highest BCUT2D eigenvalue weighted by Crippen LogP contribution is 2.28. The number of esters is 1. The summed E-state index contributed by atoms with van der Waals surface area (Å²) < 4.78 is 36.1. The van der Waals surface area contributed by atoms with Crippen molar-refractivity contribution in [2.75, 3.05) is 32.8 Å². The van der Waals surface area contributed by atoms with Gasteiger partial charge in [0, 0.05) is 6.54 Å². The average molecular weight is 470 g/mol. The zero-order chi connectivity index (χ0) is 22.2. The molecule has 0 saturated heterocycles. The van der Waals surface area contributed by atoms with Crippen molar-refractivity contribution >= 4 is 28.5 Å². The van der Waals surface area contributed by atoms with E-state index in [0.717, 1.165) is 18.7 Å². The van der Waals surface area contributed by atoms with Crippen molar-refractivity contribution in [3.63, 3.8) is 0 Å². The quantitative estimate of drug-likeness (QED) is 0.366. The maximum atomic E-state index is 13.0. The van der Waals surface area contributed by atoms with Crippen LogP contribution in [-0.4, -0.2) is 52.1 Å². The number of carbonyl (C=O) groups is 1. The Morgan fingerprint density at radius 3 is 2.13 bits per heavy atom. The second-order valence-electron chi connectivity index (χ2n) is 7.39. The molecular weight excluding hydrogens is 438 g/mol. The molecule has 0 bridgehead atoms. The summed E-state index contributed by atoms with van der Waals surface area (Å²) in [4.78, 5) is 15.2. The first-order chi connectivity index (χ1) is 14.2. The van der Waals surface area contributed by atoms with Crippen LogP contribution < -0.4 is 0 Å². The summed E-state index contributed by atoms with van der Waals surface area (Å²) in [6, 6.07) is 15.4. The number of likely N-dealkylation sites (N-methyl/N-ethyl adjacent to an activating group) is 1. The summed E-state index contributed by atoms with van der Waals surface area (Å²) in [5.74, 6) is -0.514. The average Bonchev–Trinajstić information content (AvgIpc) is 2.76. The molecule has 0 heterocycles. The van der Waals surface area contributed by atoms with Gasteiger partial charge in [-0.25, -0.2) is 0 Å². The molecule has 0 amide bonds. The van der Waals surface area contributed by atoms with Crippen LogP contribution >= 0.6 is 12.4 Å². The van der Waals surface area contributed by atoms with Gasteiger partial charge >= 0.3 is 5.97 Å². The van der Waals surface area contributed by atoms with Gasteiger partial charge in [-0.15, -0.1) is 12.4 Å². The van der Waals surface area contributed by atoms with Crippen LogP contribution in [0.5, 0.6) is 0 Å². The minimum Gasteiger partial charge on any atom is -0.464 e. The Bertz CT molecular complexity index is 915. The summed E-state index contributed by atoms with van der Waals surface area (Å²) in [6.45, 7) is 9.83. The van der Waals surface area contributed by atoms with E-state index in [9.17, 15) is 13.2 Å². The standard InChI is InChI=1S/C23H31NO5S.ClH/c1-5-24(6-2)16-17-28-22(25)23(4,20-10-8-7-9-11-20)18-29-30(26,27)21-14-12-19(3)13-15-21;/h7-15H,5-6,16-18H2,1-4H3;1H. The van der Waals surface area contributed by atoms with Crippen LogP contribution in [0, 0.1) is 6.92 Å². The molecule has 0 aliphatic rings. The molecule has 0 saturated carbocycles. The Kier molecular flexibility index (Phi) is 10.7. The van der Waals surface area contributed by atoms with Crippen molar-refractivity contribution in [2.24, 2.45) is 0 Å². The highest BCUT2D eigenvalue weighted by Gasteiger charge is 2.39. The van der Waals surface area contributed by atoms with Crippen molar-refractivity contribution in [1.82, 2.24) is 4.90 Å². The molecule has 172 valence electrons. The van der Waals surface area contributed by atoms with Crippen LogP contribution in [0.25, 0.3) is 0 Å². The van der Waals surface area contributed by atoms with Gasteiger partial charge in [0.05, 0.1) is 11.5 Å². The van der Waals surface area contributed by atoms with Crippen LogP contribution in [0.1, 0.15) is 31.9 Å². The summed E-state index contributed by atoms with van der Waals surface area (Å²) >= 11 is 0. The Balaban J connectivity index is 0.00000480. The SMILES string of the molecule is CCN(CC)CCOC(=O)C(C)(COS(=O)(=O)c1ccc(C)cc1)c1ccccc1.Cl. The second kappa shape index (κ2) is 12.2. The lowest BCUT2D eigenvalue weighted by Gasteiger charge is -2.28. The van der Waals surface area contributed by atoms with Gasteiger partial charge in [0.25, 0.3) is 10.1 Å². The van der Waals surface area contributed by atoms with Crippen molar-refractivity contribution < 1.29 is 22.1 Å². The van der Waals surface area contributed by atoms with Crippen LogP contribution in [0.2, 0.25) is 0 Å². The normalized spacial score (nSPS) is 13.3. The predicted molar refractivity (Wildman–Crippen MR) is 124 cm³/mol. The third-order valence-corrected chi connectivity index (χ3v) is 6.49. The lowest BCUT2D eigenvalue weighted by Crippen LogP contribution is -2.41. The molecule has 0 spiro atoms. The molecular formula is C23H32ClNO5S. The lowest BCUT2D eigenvalue weighted by atomic mass is 9.83. The van der Waals surface area contributed by atoms with E-state index in [4.69, 9.17) is 8.92 Å². The lowest BCUT2D eigenvalue weighted by molar-refractivity contribution is -0.151. The van der Waals surface area contributed by atoms with Crippen LogP contribution in [0.15, 0.2) is 59.5 Å². The number of rotatable bonds is 11. The zero-order valence-electron chi connectivity index (χ0n) is 18.5. The molecule has 6 nitrogen and oxygen atoms in total. The molecule has 0 aromatic heterocycles.